The van der Waals surface area contributed by atoms with Gasteiger partial charge in [0.15, 0.2) is 5.69 Å². The van der Waals surface area contributed by atoms with Crippen LogP contribution in [0, 0.1) is 6.92 Å². The molecule has 0 spiro atoms. The van der Waals surface area contributed by atoms with Crippen LogP contribution in [0.4, 0.5) is 0 Å². The molecule has 5 nitrogen and oxygen atoms in total. The van der Waals surface area contributed by atoms with Crippen LogP contribution in [0.2, 0.25) is 0 Å². The lowest BCUT2D eigenvalue weighted by Gasteiger charge is -2.08. The number of para-hydroxylation sites is 1. The fourth-order valence-corrected chi connectivity index (χ4v) is 2.42. The topological polar surface area (TPSA) is 64.4 Å². The van der Waals surface area contributed by atoms with E-state index in [1.54, 1.807) is 14.0 Å². The minimum absolute atomic E-state index is 0.274. The van der Waals surface area contributed by atoms with Crippen molar-refractivity contribution in [3.8, 4) is 17.2 Å². The average Bonchev–Trinajstić information content (AvgIpc) is 3.02. The number of amides is 1. The Morgan fingerprint density at radius 1 is 1.12 bits per heavy atom. The fraction of sp³-hybridized carbons (Fsp3) is 0.158. The van der Waals surface area contributed by atoms with Gasteiger partial charge in [-0.1, -0.05) is 36.4 Å². The van der Waals surface area contributed by atoms with Gasteiger partial charge in [0.05, 0.1) is 7.11 Å². The summed E-state index contributed by atoms with van der Waals surface area (Å²) in [5.74, 6) is 1.39. The third-order valence-corrected chi connectivity index (χ3v) is 3.66. The Hall–Kier alpha value is -3.08. The van der Waals surface area contributed by atoms with Crippen LogP contribution in [0.15, 0.2) is 59.0 Å². The van der Waals surface area contributed by atoms with E-state index in [0.717, 1.165) is 16.9 Å². The molecule has 0 aliphatic carbocycles. The number of rotatable bonds is 5. The summed E-state index contributed by atoms with van der Waals surface area (Å²) in [5, 5.41) is 2.85. The largest absolute Gasteiger partial charge is 0.496 e. The van der Waals surface area contributed by atoms with E-state index in [-0.39, 0.29) is 5.91 Å². The van der Waals surface area contributed by atoms with Crippen molar-refractivity contribution >= 4 is 5.91 Å². The summed E-state index contributed by atoms with van der Waals surface area (Å²) in [6.07, 6.45) is 0. The van der Waals surface area contributed by atoms with Crippen LogP contribution in [0.1, 0.15) is 21.8 Å². The third kappa shape index (κ3) is 3.30. The van der Waals surface area contributed by atoms with Crippen LogP contribution in [0.25, 0.3) is 11.5 Å². The van der Waals surface area contributed by atoms with Crippen molar-refractivity contribution in [2.75, 3.05) is 7.11 Å². The lowest BCUT2D eigenvalue weighted by Crippen LogP contribution is -2.24. The Labute approximate surface area is 140 Å². The number of carbonyl (C=O) groups is 1. The van der Waals surface area contributed by atoms with Crippen LogP contribution in [-0.2, 0) is 6.54 Å². The third-order valence-electron chi connectivity index (χ3n) is 3.66. The molecule has 24 heavy (non-hydrogen) atoms. The predicted molar refractivity (Wildman–Crippen MR) is 90.8 cm³/mol. The van der Waals surface area contributed by atoms with E-state index in [0.29, 0.717) is 23.9 Å². The molecule has 0 saturated carbocycles. The maximum atomic E-state index is 12.4. The van der Waals surface area contributed by atoms with Crippen molar-refractivity contribution in [2.45, 2.75) is 13.5 Å². The second-order valence-corrected chi connectivity index (χ2v) is 5.28. The molecule has 1 N–H and O–H groups in total. The molecule has 1 aromatic heterocycles. The quantitative estimate of drug-likeness (QED) is 0.779. The van der Waals surface area contributed by atoms with Gasteiger partial charge < -0.3 is 14.5 Å². The number of methoxy groups -OCH3 is 1. The Bertz CT molecular complexity index is 841. The van der Waals surface area contributed by atoms with E-state index in [1.807, 2.05) is 54.6 Å². The fourth-order valence-electron chi connectivity index (χ4n) is 2.42. The molecule has 0 fully saturated rings. The molecule has 0 saturated heterocycles. The summed E-state index contributed by atoms with van der Waals surface area (Å²) in [5.41, 5.74) is 2.03. The summed E-state index contributed by atoms with van der Waals surface area (Å²) >= 11 is 0. The lowest BCUT2D eigenvalue weighted by atomic mass is 10.2. The number of aryl methyl sites for hydroxylation is 1. The monoisotopic (exact) mass is 322 g/mol. The van der Waals surface area contributed by atoms with Gasteiger partial charge in [-0.3, -0.25) is 4.79 Å². The Balaban J connectivity index is 1.75. The van der Waals surface area contributed by atoms with Crippen LogP contribution in [0.3, 0.4) is 0 Å². The molecule has 122 valence electrons. The summed E-state index contributed by atoms with van der Waals surface area (Å²) in [7, 11) is 1.61. The van der Waals surface area contributed by atoms with Crippen molar-refractivity contribution in [2.24, 2.45) is 0 Å². The van der Waals surface area contributed by atoms with E-state index < -0.39 is 0 Å². The lowest BCUT2D eigenvalue weighted by molar-refractivity contribution is 0.0945. The SMILES string of the molecule is COc1ccccc1CNC(=O)c1nc(-c2ccccc2)oc1C. The maximum Gasteiger partial charge on any atom is 0.273 e. The van der Waals surface area contributed by atoms with Crippen molar-refractivity contribution in [3.63, 3.8) is 0 Å². The van der Waals surface area contributed by atoms with Gasteiger partial charge in [0.2, 0.25) is 5.89 Å². The van der Waals surface area contributed by atoms with Crippen LogP contribution in [-0.4, -0.2) is 18.0 Å². The molecule has 0 unspecified atom stereocenters. The summed E-state index contributed by atoms with van der Waals surface area (Å²) in [6.45, 7) is 2.09. The zero-order valence-corrected chi connectivity index (χ0v) is 13.6. The van der Waals surface area contributed by atoms with Crippen molar-refractivity contribution in [1.29, 1.82) is 0 Å². The second-order valence-electron chi connectivity index (χ2n) is 5.28. The second kappa shape index (κ2) is 7.00. The molecule has 0 atom stereocenters. The highest BCUT2D eigenvalue weighted by molar-refractivity contribution is 5.93. The number of ether oxygens (including phenoxy) is 1. The number of nitrogens with one attached hydrogen (secondary N) is 1. The first kappa shape index (κ1) is 15.8. The number of aromatic nitrogens is 1. The van der Waals surface area contributed by atoms with Gasteiger partial charge in [-0.25, -0.2) is 4.98 Å². The molecule has 0 aliphatic rings. The highest BCUT2D eigenvalue weighted by atomic mass is 16.5. The normalized spacial score (nSPS) is 10.4. The van der Waals surface area contributed by atoms with Gasteiger partial charge in [-0.2, -0.15) is 0 Å². The molecule has 0 bridgehead atoms. The zero-order chi connectivity index (χ0) is 16.9. The van der Waals surface area contributed by atoms with E-state index in [2.05, 4.69) is 10.3 Å². The minimum Gasteiger partial charge on any atom is -0.496 e. The van der Waals surface area contributed by atoms with Crippen LogP contribution < -0.4 is 10.1 Å². The molecule has 1 heterocycles. The molecule has 5 heteroatoms. The van der Waals surface area contributed by atoms with Gasteiger partial charge in [-0.15, -0.1) is 0 Å². The molecule has 2 aromatic carbocycles. The van der Waals surface area contributed by atoms with Crippen molar-refractivity contribution in [3.05, 3.63) is 71.6 Å². The predicted octanol–water partition coefficient (Wildman–Crippen LogP) is 3.59. The Morgan fingerprint density at radius 3 is 2.58 bits per heavy atom. The first-order chi connectivity index (χ1) is 11.7. The molecular formula is C19H18N2O3. The smallest absolute Gasteiger partial charge is 0.273 e. The first-order valence-electron chi connectivity index (χ1n) is 7.62. The minimum atomic E-state index is -0.274. The number of hydrogen-bond donors (Lipinski definition) is 1. The number of carbonyl (C=O) groups excluding carboxylic acids is 1. The maximum absolute atomic E-state index is 12.4. The summed E-state index contributed by atoms with van der Waals surface area (Å²) < 4.78 is 10.9. The molecular weight excluding hydrogens is 304 g/mol. The zero-order valence-electron chi connectivity index (χ0n) is 13.6. The van der Waals surface area contributed by atoms with Crippen molar-refractivity contribution in [1.82, 2.24) is 10.3 Å². The molecule has 0 radical (unpaired) electrons. The molecule has 3 rings (SSSR count). The number of benzene rings is 2. The van der Waals surface area contributed by atoms with Crippen LogP contribution >= 0.6 is 0 Å². The number of nitrogens with zero attached hydrogens (tertiary/aromatic N) is 1. The van der Waals surface area contributed by atoms with Gasteiger partial charge in [0.25, 0.3) is 5.91 Å². The van der Waals surface area contributed by atoms with E-state index in [4.69, 9.17) is 9.15 Å². The Morgan fingerprint density at radius 2 is 1.83 bits per heavy atom. The highest BCUT2D eigenvalue weighted by Crippen LogP contribution is 2.22. The van der Waals surface area contributed by atoms with Gasteiger partial charge in [0.1, 0.15) is 11.5 Å². The molecule has 0 aliphatic heterocycles. The summed E-state index contributed by atoms with van der Waals surface area (Å²) in [4.78, 5) is 16.7. The number of hydrogen-bond acceptors (Lipinski definition) is 4. The average molecular weight is 322 g/mol. The van der Waals surface area contributed by atoms with E-state index in [1.165, 1.54) is 0 Å². The molecule has 1 amide bonds. The van der Waals surface area contributed by atoms with Crippen LogP contribution in [0.5, 0.6) is 5.75 Å². The number of oxazole rings is 1. The van der Waals surface area contributed by atoms with Gasteiger partial charge in [-0.05, 0) is 25.1 Å². The van der Waals surface area contributed by atoms with E-state index in [9.17, 15) is 4.79 Å². The standard InChI is InChI=1S/C19H18N2O3/c1-13-17(21-19(24-13)14-8-4-3-5-9-14)18(22)20-12-15-10-6-7-11-16(15)23-2/h3-11H,12H2,1-2H3,(H,20,22). The van der Waals surface area contributed by atoms with Gasteiger partial charge >= 0.3 is 0 Å². The van der Waals surface area contributed by atoms with Gasteiger partial charge in [0, 0.05) is 17.7 Å². The Kier molecular flexibility index (Phi) is 4.61. The van der Waals surface area contributed by atoms with Crippen molar-refractivity contribution < 1.29 is 13.9 Å². The highest BCUT2D eigenvalue weighted by Gasteiger charge is 2.18. The van der Waals surface area contributed by atoms with E-state index >= 15 is 0 Å². The summed E-state index contributed by atoms with van der Waals surface area (Å²) in [6, 6.07) is 17.0. The first-order valence-corrected chi connectivity index (χ1v) is 7.62. The molecule has 3 aromatic rings.